The summed E-state index contributed by atoms with van der Waals surface area (Å²) in [4.78, 5) is 24.5. The number of hydrogen-bond acceptors (Lipinski definition) is 6. The Morgan fingerprint density at radius 1 is 0.963 bits per heavy atom. The third-order valence-electron chi connectivity index (χ3n) is 4.10. The standard InChI is InChI=1S/C20H19NO6/c1-24-13-5-6-14-15(10-19(22)27-17(14)9-13)20(23)21-11-12-4-7-16(25-2)18(8-12)26-3/h4-10H,11H2,1-3H3,(H,21,23). The second-order valence-corrected chi connectivity index (χ2v) is 5.71. The van der Waals surface area contributed by atoms with Gasteiger partial charge in [-0.2, -0.15) is 0 Å². The zero-order valence-corrected chi connectivity index (χ0v) is 15.2. The number of benzene rings is 2. The van der Waals surface area contributed by atoms with E-state index in [-0.39, 0.29) is 23.6 Å². The average Bonchev–Trinajstić information content (AvgIpc) is 2.70. The largest absolute Gasteiger partial charge is 0.497 e. The Morgan fingerprint density at radius 3 is 2.44 bits per heavy atom. The van der Waals surface area contributed by atoms with Crippen molar-refractivity contribution in [3.63, 3.8) is 0 Å². The van der Waals surface area contributed by atoms with Crippen LogP contribution in [0.5, 0.6) is 17.2 Å². The van der Waals surface area contributed by atoms with Gasteiger partial charge in [0.1, 0.15) is 11.3 Å². The Morgan fingerprint density at radius 2 is 1.74 bits per heavy atom. The van der Waals surface area contributed by atoms with Crippen molar-refractivity contribution in [1.29, 1.82) is 0 Å². The molecule has 7 nitrogen and oxygen atoms in total. The van der Waals surface area contributed by atoms with E-state index in [9.17, 15) is 9.59 Å². The Hall–Kier alpha value is -3.48. The summed E-state index contributed by atoms with van der Waals surface area (Å²) in [5, 5.41) is 3.33. The quantitative estimate of drug-likeness (QED) is 0.673. The number of carbonyl (C=O) groups excluding carboxylic acids is 1. The van der Waals surface area contributed by atoms with Crippen molar-refractivity contribution >= 4 is 16.9 Å². The van der Waals surface area contributed by atoms with Gasteiger partial charge in [-0.15, -0.1) is 0 Å². The lowest BCUT2D eigenvalue weighted by Crippen LogP contribution is -2.24. The third kappa shape index (κ3) is 3.87. The minimum absolute atomic E-state index is 0.240. The lowest BCUT2D eigenvalue weighted by atomic mass is 10.1. The zero-order chi connectivity index (χ0) is 19.4. The van der Waals surface area contributed by atoms with Crippen LogP contribution >= 0.6 is 0 Å². The normalized spacial score (nSPS) is 10.5. The molecule has 1 aromatic heterocycles. The first-order valence-electron chi connectivity index (χ1n) is 8.16. The van der Waals surface area contributed by atoms with E-state index in [4.69, 9.17) is 18.6 Å². The molecule has 0 saturated carbocycles. The fourth-order valence-electron chi connectivity index (χ4n) is 2.73. The maximum absolute atomic E-state index is 12.6. The summed E-state index contributed by atoms with van der Waals surface area (Å²) in [6.07, 6.45) is 0. The van der Waals surface area contributed by atoms with Crippen LogP contribution in [0.25, 0.3) is 11.0 Å². The van der Waals surface area contributed by atoms with Crippen molar-refractivity contribution < 1.29 is 23.4 Å². The second kappa shape index (κ2) is 7.82. The van der Waals surface area contributed by atoms with Crippen LogP contribution in [-0.4, -0.2) is 27.2 Å². The van der Waals surface area contributed by atoms with Crippen molar-refractivity contribution in [3.8, 4) is 17.2 Å². The summed E-state index contributed by atoms with van der Waals surface area (Å²) in [5.41, 5.74) is 0.754. The molecule has 0 radical (unpaired) electrons. The fraction of sp³-hybridized carbons (Fsp3) is 0.200. The SMILES string of the molecule is COc1ccc2c(C(=O)NCc3ccc(OC)c(OC)c3)cc(=O)oc2c1. The number of carbonyl (C=O) groups is 1. The predicted octanol–water partition coefficient (Wildman–Crippen LogP) is 2.75. The van der Waals surface area contributed by atoms with Gasteiger partial charge in [0.15, 0.2) is 11.5 Å². The first-order valence-corrected chi connectivity index (χ1v) is 8.16. The van der Waals surface area contributed by atoms with Crippen LogP contribution in [0, 0.1) is 0 Å². The van der Waals surface area contributed by atoms with Crippen LogP contribution < -0.4 is 25.2 Å². The third-order valence-corrected chi connectivity index (χ3v) is 4.10. The van der Waals surface area contributed by atoms with E-state index in [1.54, 1.807) is 44.6 Å². The van der Waals surface area contributed by atoms with Crippen molar-refractivity contribution in [2.45, 2.75) is 6.54 Å². The number of fused-ring (bicyclic) bond motifs is 1. The number of hydrogen-bond donors (Lipinski definition) is 1. The summed E-state index contributed by atoms with van der Waals surface area (Å²) in [6.45, 7) is 0.261. The molecule has 0 saturated heterocycles. The van der Waals surface area contributed by atoms with Gasteiger partial charge in [0, 0.05) is 24.1 Å². The van der Waals surface area contributed by atoms with E-state index >= 15 is 0 Å². The molecule has 3 rings (SSSR count). The van der Waals surface area contributed by atoms with Gasteiger partial charge >= 0.3 is 5.63 Å². The van der Waals surface area contributed by atoms with Gasteiger partial charge in [-0.3, -0.25) is 4.79 Å². The lowest BCUT2D eigenvalue weighted by Gasteiger charge is -2.11. The molecule has 0 bridgehead atoms. The molecule has 7 heteroatoms. The lowest BCUT2D eigenvalue weighted by molar-refractivity contribution is 0.0952. The zero-order valence-electron chi connectivity index (χ0n) is 15.2. The van der Waals surface area contributed by atoms with Crippen LogP contribution in [-0.2, 0) is 6.54 Å². The predicted molar refractivity (Wildman–Crippen MR) is 99.8 cm³/mol. The van der Waals surface area contributed by atoms with Gasteiger partial charge < -0.3 is 23.9 Å². The molecule has 0 unspecified atom stereocenters. The molecule has 1 N–H and O–H groups in total. The summed E-state index contributed by atoms with van der Waals surface area (Å²) >= 11 is 0. The van der Waals surface area contributed by atoms with E-state index in [0.717, 1.165) is 5.56 Å². The summed E-state index contributed by atoms with van der Waals surface area (Å²) in [6, 6.07) is 11.5. The summed E-state index contributed by atoms with van der Waals surface area (Å²) in [7, 11) is 4.61. The van der Waals surface area contributed by atoms with E-state index in [1.165, 1.54) is 13.2 Å². The number of nitrogens with one attached hydrogen (secondary N) is 1. The van der Waals surface area contributed by atoms with Crippen molar-refractivity contribution in [2.75, 3.05) is 21.3 Å². The van der Waals surface area contributed by atoms with E-state index in [2.05, 4.69) is 5.32 Å². The van der Waals surface area contributed by atoms with Gasteiger partial charge in [0.25, 0.3) is 5.91 Å². The van der Waals surface area contributed by atoms with Crippen LogP contribution in [0.2, 0.25) is 0 Å². The Bertz CT molecular complexity index is 1040. The van der Waals surface area contributed by atoms with Crippen molar-refractivity contribution in [2.24, 2.45) is 0 Å². The van der Waals surface area contributed by atoms with Gasteiger partial charge in [0.2, 0.25) is 0 Å². The van der Waals surface area contributed by atoms with Gasteiger partial charge in [-0.05, 0) is 29.8 Å². The highest BCUT2D eigenvalue weighted by atomic mass is 16.5. The van der Waals surface area contributed by atoms with Crippen LogP contribution in [0.1, 0.15) is 15.9 Å². The number of ether oxygens (including phenoxy) is 3. The highest BCUT2D eigenvalue weighted by Gasteiger charge is 2.14. The monoisotopic (exact) mass is 369 g/mol. The highest BCUT2D eigenvalue weighted by molar-refractivity contribution is 6.05. The molecule has 0 atom stereocenters. The minimum Gasteiger partial charge on any atom is -0.497 e. The van der Waals surface area contributed by atoms with Gasteiger partial charge in [-0.25, -0.2) is 4.79 Å². The number of rotatable bonds is 6. The first kappa shape index (κ1) is 18.3. The van der Waals surface area contributed by atoms with Gasteiger partial charge in [0.05, 0.1) is 26.9 Å². The molecule has 3 aromatic rings. The second-order valence-electron chi connectivity index (χ2n) is 5.71. The average molecular weight is 369 g/mol. The molecule has 1 heterocycles. The smallest absolute Gasteiger partial charge is 0.337 e. The van der Waals surface area contributed by atoms with Crippen molar-refractivity contribution in [3.05, 3.63) is 64.0 Å². The van der Waals surface area contributed by atoms with Gasteiger partial charge in [-0.1, -0.05) is 6.07 Å². The van der Waals surface area contributed by atoms with E-state index in [0.29, 0.717) is 22.6 Å². The van der Waals surface area contributed by atoms with Crippen molar-refractivity contribution in [1.82, 2.24) is 5.32 Å². The maximum Gasteiger partial charge on any atom is 0.337 e. The molecule has 0 aliphatic carbocycles. The first-order chi connectivity index (χ1) is 13.0. The Balaban J connectivity index is 1.85. The molecule has 140 valence electrons. The van der Waals surface area contributed by atoms with Crippen LogP contribution in [0.4, 0.5) is 0 Å². The molecule has 27 heavy (non-hydrogen) atoms. The molecular formula is C20H19NO6. The van der Waals surface area contributed by atoms with Crippen LogP contribution in [0.15, 0.2) is 51.7 Å². The molecule has 1 amide bonds. The van der Waals surface area contributed by atoms with E-state index in [1.807, 2.05) is 6.07 Å². The number of amides is 1. The molecule has 0 aliphatic heterocycles. The maximum atomic E-state index is 12.6. The Kier molecular flexibility index (Phi) is 5.30. The minimum atomic E-state index is -0.605. The molecular weight excluding hydrogens is 350 g/mol. The summed E-state index contributed by atoms with van der Waals surface area (Å²) < 4.78 is 20.8. The molecule has 0 spiro atoms. The topological polar surface area (TPSA) is 87.0 Å². The molecule has 2 aromatic carbocycles. The molecule has 0 aliphatic rings. The fourth-order valence-corrected chi connectivity index (χ4v) is 2.73. The van der Waals surface area contributed by atoms with E-state index < -0.39 is 5.63 Å². The van der Waals surface area contributed by atoms with Crippen LogP contribution in [0.3, 0.4) is 0 Å². The Labute approximate surface area is 155 Å². The number of methoxy groups -OCH3 is 3. The highest BCUT2D eigenvalue weighted by Crippen LogP contribution is 2.27. The molecule has 0 fully saturated rings. The summed E-state index contributed by atoms with van der Waals surface area (Å²) in [5.74, 6) is 1.33.